The van der Waals surface area contributed by atoms with Crippen LogP contribution in [0, 0.1) is 0 Å². The number of aliphatic carboxylic acids is 1. The summed E-state index contributed by atoms with van der Waals surface area (Å²) in [4.78, 5) is 21.9. The third-order valence-electron chi connectivity index (χ3n) is 3.10. The Bertz CT molecular complexity index is 662. The number of furan rings is 1. The van der Waals surface area contributed by atoms with E-state index in [-0.39, 0.29) is 6.42 Å². The van der Waals surface area contributed by atoms with Crippen LogP contribution in [0.4, 0.5) is 5.69 Å². The van der Waals surface area contributed by atoms with Crippen LogP contribution in [-0.2, 0) is 22.5 Å². The summed E-state index contributed by atoms with van der Waals surface area (Å²) in [5, 5.41) is 11.9. The topological polar surface area (TPSA) is 88.8 Å². The van der Waals surface area contributed by atoms with E-state index in [1.807, 2.05) is 24.3 Å². The molecule has 0 aliphatic carbocycles. The molecule has 0 aliphatic heterocycles. The first-order chi connectivity index (χ1) is 10.6. The third kappa shape index (κ3) is 4.37. The molecule has 0 saturated heterocycles. The molecule has 0 atom stereocenters. The van der Waals surface area contributed by atoms with E-state index in [1.165, 1.54) is 13.4 Å². The fourth-order valence-corrected chi connectivity index (χ4v) is 1.98. The fourth-order valence-electron chi connectivity index (χ4n) is 1.98. The largest absolute Gasteiger partial charge is 0.481 e. The lowest BCUT2D eigenvalue weighted by molar-refractivity contribution is -0.136. The summed E-state index contributed by atoms with van der Waals surface area (Å²) in [5.74, 6) is -0.647. The average molecular weight is 303 g/mol. The van der Waals surface area contributed by atoms with E-state index in [1.54, 1.807) is 6.07 Å². The summed E-state index contributed by atoms with van der Waals surface area (Å²) in [7, 11) is 1.32. The molecule has 1 heterocycles. The number of rotatable bonds is 7. The van der Waals surface area contributed by atoms with Crippen molar-refractivity contribution in [1.29, 1.82) is 0 Å². The van der Waals surface area contributed by atoms with Crippen molar-refractivity contribution in [2.45, 2.75) is 19.4 Å². The summed E-state index contributed by atoms with van der Waals surface area (Å²) < 4.78 is 9.88. The Morgan fingerprint density at radius 3 is 2.86 bits per heavy atom. The fraction of sp³-hybridized carbons (Fsp3) is 0.250. The number of carbonyl (C=O) groups is 2. The number of hydrogen-bond acceptors (Lipinski definition) is 5. The highest BCUT2D eigenvalue weighted by Gasteiger charge is 2.10. The molecular formula is C16H17NO5. The zero-order valence-corrected chi connectivity index (χ0v) is 12.2. The molecule has 116 valence electrons. The lowest BCUT2D eigenvalue weighted by atomic mass is 10.1. The highest BCUT2D eigenvalue weighted by molar-refractivity contribution is 5.89. The molecule has 0 radical (unpaired) electrons. The molecule has 0 unspecified atom stereocenters. The lowest BCUT2D eigenvalue weighted by Gasteiger charge is -2.06. The van der Waals surface area contributed by atoms with E-state index in [4.69, 9.17) is 9.52 Å². The molecule has 0 aliphatic rings. The van der Waals surface area contributed by atoms with E-state index < -0.39 is 11.9 Å². The molecule has 0 amide bonds. The number of methoxy groups -OCH3 is 1. The summed E-state index contributed by atoms with van der Waals surface area (Å²) in [6.07, 6.45) is 1.94. The van der Waals surface area contributed by atoms with Crippen LogP contribution in [0.15, 0.2) is 41.0 Å². The van der Waals surface area contributed by atoms with Gasteiger partial charge in [-0.1, -0.05) is 12.1 Å². The number of benzene rings is 1. The van der Waals surface area contributed by atoms with Crippen LogP contribution in [-0.4, -0.2) is 24.2 Å². The van der Waals surface area contributed by atoms with Gasteiger partial charge in [0.15, 0.2) is 0 Å². The predicted molar refractivity (Wildman–Crippen MR) is 79.8 cm³/mol. The molecule has 1 aromatic carbocycles. The van der Waals surface area contributed by atoms with E-state index in [0.29, 0.717) is 24.3 Å². The molecule has 6 nitrogen and oxygen atoms in total. The van der Waals surface area contributed by atoms with E-state index in [0.717, 1.165) is 11.3 Å². The second kappa shape index (κ2) is 7.31. The molecule has 2 N–H and O–H groups in total. The van der Waals surface area contributed by atoms with Gasteiger partial charge in [-0.3, -0.25) is 4.79 Å². The molecular weight excluding hydrogens is 286 g/mol. The smallest absolute Gasteiger partial charge is 0.341 e. The quantitative estimate of drug-likeness (QED) is 0.764. The Kier molecular flexibility index (Phi) is 5.19. The maximum Gasteiger partial charge on any atom is 0.341 e. The van der Waals surface area contributed by atoms with Gasteiger partial charge in [-0.2, -0.15) is 0 Å². The summed E-state index contributed by atoms with van der Waals surface area (Å²) in [6.45, 7) is 0.416. The summed E-state index contributed by atoms with van der Waals surface area (Å²) in [5.41, 5.74) is 2.18. The standard InChI is InChI=1S/C16H17NO5/c1-21-16(20)12-8-14(22-10-12)9-17-13-4-2-3-11(7-13)5-6-15(18)19/h2-4,7-8,10,17H,5-6,9H2,1H3,(H,18,19). The molecule has 22 heavy (non-hydrogen) atoms. The number of carboxylic acids is 1. The molecule has 0 bridgehead atoms. The minimum atomic E-state index is -0.815. The Hall–Kier alpha value is -2.76. The SMILES string of the molecule is COC(=O)c1coc(CNc2cccc(CCC(=O)O)c2)c1. The lowest BCUT2D eigenvalue weighted by Crippen LogP contribution is -2.01. The van der Waals surface area contributed by atoms with Crippen molar-refractivity contribution >= 4 is 17.6 Å². The minimum absolute atomic E-state index is 0.101. The molecule has 1 aromatic heterocycles. The van der Waals surface area contributed by atoms with Gasteiger partial charge < -0.3 is 19.6 Å². The molecule has 0 spiro atoms. The van der Waals surface area contributed by atoms with Gasteiger partial charge >= 0.3 is 11.9 Å². The Morgan fingerprint density at radius 2 is 2.14 bits per heavy atom. The highest BCUT2D eigenvalue weighted by atomic mass is 16.5. The number of carboxylic acid groups (broad SMARTS) is 1. The van der Waals surface area contributed by atoms with Crippen molar-refractivity contribution in [3.8, 4) is 0 Å². The highest BCUT2D eigenvalue weighted by Crippen LogP contribution is 2.15. The predicted octanol–water partition coefficient (Wildman–Crippen LogP) is 2.70. The average Bonchev–Trinajstić information content (AvgIpc) is 2.99. The number of carbonyl (C=O) groups excluding carboxylic acids is 1. The molecule has 0 fully saturated rings. The van der Waals surface area contributed by atoms with Crippen molar-refractivity contribution in [3.05, 3.63) is 53.5 Å². The molecule has 2 rings (SSSR count). The van der Waals surface area contributed by atoms with Crippen molar-refractivity contribution in [3.63, 3.8) is 0 Å². The molecule has 2 aromatic rings. The van der Waals surface area contributed by atoms with Gasteiger partial charge in [0.2, 0.25) is 0 Å². The Labute approximate surface area is 127 Å². The number of ether oxygens (including phenoxy) is 1. The first kappa shape index (κ1) is 15.6. The van der Waals surface area contributed by atoms with Crippen molar-refractivity contribution in [1.82, 2.24) is 0 Å². The zero-order chi connectivity index (χ0) is 15.9. The van der Waals surface area contributed by atoms with E-state index >= 15 is 0 Å². The number of esters is 1. The van der Waals surface area contributed by atoms with Gasteiger partial charge in [-0.25, -0.2) is 4.79 Å². The third-order valence-corrected chi connectivity index (χ3v) is 3.10. The van der Waals surface area contributed by atoms with Gasteiger partial charge in [-0.15, -0.1) is 0 Å². The normalized spacial score (nSPS) is 10.2. The van der Waals surface area contributed by atoms with Crippen LogP contribution in [0.2, 0.25) is 0 Å². The van der Waals surface area contributed by atoms with Gasteiger partial charge in [0.25, 0.3) is 0 Å². The minimum Gasteiger partial charge on any atom is -0.481 e. The maximum atomic E-state index is 11.3. The van der Waals surface area contributed by atoms with Crippen molar-refractivity contribution in [2.75, 3.05) is 12.4 Å². The van der Waals surface area contributed by atoms with Crippen LogP contribution in [0.25, 0.3) is 0 Å². The molecule has 6 heteroatoms. The van der Waals surface area contributed by atoms with Crippen LogP contribution >= 0.6 is 0 Å². The van der Waals surface area contributed by atoms with Crippen LogP contribution in [0.5, 0.6) is 0 Å². The second-order valence-corrected chi connectivity index (χ2v) is 4.74. The number of anilines is 1. The summed E-state index contributed by atoms with van der Waals surface area (Å²) in [6, 6.07) is 9.15. The Morgan fingerprint density at radius 1 is 1.32 bits per heavy atom. The van der Waals surface area contributed by atoms with Crippen LogP contribution in [0.1, 0.15) is 28.1 Å². The van der Waals surface area contributed by atoms with Gasteiger partial charge in [0.1, 0.15) is 12.0 Å². The monoisotopic (exact) mass is 303 g/mol. The molecule has 0 saturated carbocycles. The first-order valence-electron chi connectivity index (χ1n) is 6.79. The van der Waals surface area contributed by atoms with Gasteiger partial charge in [0.05, 0.1) is 19.2 Å². The van der Waals surface area contributed by atoms with Gasteiger partial charge in [0, 0.05) is 12.1 Å². The van der Waals surface area contributed by atoms with Gasteiger partial charge in [-0.05, 0) is 30.2 Å². The Balaban J connectivity index is 1.93. The summed E-state index contributed by atoms with van der Waals surface area (Å²) >= 11 is 0. The van der Waals surface area contributed by atoms with E-state index in [9.17, 15) is 9.59 Å². The second-order valence-electron chi connectivity index (χ2n) is 4.74. The van der Waals surface area contributed by atoms with Crippen LogP contribution in [0.3, 0.4) is 0 Å². The number of nitrogens with one attached hydrogen (secondary N) is 1. The van der Waals surface area contributed by atoms with Crippen LogP contribution < -0.4 is 5.32 Å². The zero-order valence-electron chi connectivity index (χ0n) is 12.2. The van der Waals surface area contributed by atoms with Crippen molar-refractivity contribution < 1.29 is 23.8 Å². The number of hydrogen-bond donors (Lipinski definition) is 2. The maximum absolute atomic E-state index is 11.3. The first-order valence-corrected chi connectivity index (χ1v) is 6.79. The van der Waals surface area contributed by atoms with E-state index in [2.05, 4.69) is 10.1 Å². The van der Waals surface area contributed by atoms with Crippen molar-refractivity contribution in [2.24, 2.45) is 0 Å². The number of aryl methyl sites for hydroxylation is 1.